The molecule has 21 heavy (non-hydrogen) atoms. The quantitative estimate of drug-likeness (QED) is 0.785. The Hall–Kier alpha value is -2.47. The fourth-order valence-electron chi connectivity index (χ4n) is 2.41. The van der Waals surface area contributed by atoms with Gasteiger partial charge in [-0.25, -0.2) is 0 Å². The second-order valence-corrected chi connectivity index (χ2v) is 5.53. The summed E-state index contributed by atoms with van der Waals surface area (Å²) in [7, 11) is 0. The van der Waals surface area contributed by atoms with Crippen molar-refractivity contribution in [3.8, 4) is 33.2 Å². The van der Waals surface area contributed by atoms with Gasteiger partial charge in [-0.15, -0.1) is 11.3 Å². The van der Waals surface area contributed by atoms with Gasteiger partial charge in [-0.2, -0.15) is 0 Å². The van der Waals surface area contributed by atoms with Gasteiger partial charge in [0.25, 0.3) is 0 Å². The summed E-state index contributed by atoms with van der Waals surface area (Å²) in [6.45, 7) is 1.07. The molecule has 0 spiro atoms. The van der Waals surface area contributed by atoms with Crippen LogP contribution in [0.3, 0.4) is 0 Å². The number of nitrogen functional groups attached to an aromatic ring is 1. The van der Waals surface area contributed by atoms with Gasteiger partial charge in [0.15, 0.2) is 11.5 Å². The summed E-state index contributed by atoms with van der Waals surface area (Å²) in [5.41, 5.74) is 8.26. The Balaban J connectivity index is 1.93. The van der Waals surface area contributed by atoms with Crippen molar-refractivity contribution in [1.82, 2.24) is 5.16 Å². The van der Waals surface area contributed by atoms with Gasteiger partial charge < -0.3 is 19.7 Å². The topological polar surface area (TPSA) is 70.5 Å². The Labute approximate surface area is 124 Å². The first-order valence-corrected chi connectivity index (χ1v) is 7.40. The monoisotopic (exact) mass is 300 g/mol. The van der Waals surface area contributed by atoms with Crippen LogP contribution in [-0.4, -0.2) is 18.4 Å². The van der Waals surface area contributed by atoms with Gasteiger partial charge >= 0.3 is 0 Å². The molecule has 1 aromatic carbocycles. The van der Waals surface area contributed by atoms with Crippen molar-refractivity contribution in [2.45, 2.75) is 0 Å². The number of benzene rings is 1. The number of nitrogens with two attached hydrogens (primary N) is 1. The number of para-hydroxylation sites is 1. The molecule has 0 fully saturated rings. The molecule has 0 saturated heterocycles. The highest BCUT2D eigenvalue weighted by atomic mass is 32.1. The van der Waals surface area contributed by atoms with Crippen molar-refractivity contribution in [2.24, 2.45) is 0 Å². The zero-order valence-electron chi connectivity index (χ0n) is 11.0. The Morgan fingerprint density at radius 1 is 1.10 bits per heavy atom. The lowest BCUT2D eigenvalue weighted by Gasteiger charge is -2.20. The van der Waals surface area contributed by atoms with Gasteiger partial charge in [-0.3, -0.25) is 0 Å². The molecule has 0 bridgehead atoms. The van der Waals surface area contributed by atoms with Crippen LogP contribution in [0.4, 0.5) is 5.88 Å². The highest BCUT2D eigenvalue weighted by molar-refractivity contribution is 7.13. The molecule has 0 saturated carbocycles. The van der Waals surface area contributed by atoms with Crippen LogP contribution in [0.1, 0.15) is 0 Å². The first-order valence-electron chi connectivity index (χ1n) is 6.52. The Morgan fingerprint density at radius 3 is 2.86 bits per heavy atom. The number of aromatic nitrogens is 1. The third-order valence-electron chi connectivity index (χ3n) is 3.31. The number of anilines is 1. The minimum absolute atomic E-state index is 0.307. The molecule has 3 aromatic rings. The average Bonchev–Trinajstić information content (AvgIpc) is 3.16. The molecule has 3 heterocycles. The van der Waals surface area contributed by atoms with Crippen LogP contribution >= 0.6 is 11.3 Å². The molecule has 1 aliphatic rings. The second kappa shape index (κ2) is 4.82. The lowest BCUT2D eigenvalue weighted by Crippen LogP contribution is -2.15. The maximum absolute atomic E-state index is 5.95. The minimum Gasteiger partial charge on any atom is -0.486 e. The van der Waals surface area contributed by atoms with E-state index in [9.17, 15) is 0 Å². The summed E-state index contributed by atoms with van der Waals surface area (Å²) in [5.74, 6) is 1.72. The van der Waals surface area contributed by atoms with Crippen molar-refractivity contribution in [2.75, 3.05) is 18.9 Å². The zero-order chi connectivity index (χ0) is 14.2. The van der Waals surface area contributed by atoms with E-state index in [1.165, 1.54) is 0 Å². The van der Waals surface area contributed by atoms with Gasteiger partial charge in [0, 0.05) is 4.88 Å². The van der Waals surface area contributed by atoms with Crippen LogP contribution < -0.4 is 15.2 Å². The van der Waals surface area contributed by atoms with Crippen molar-refractivity contribution in [1.29, 1.82) is 0 Å². The Kier molecular flexibility index (Phi) is 2.82. The van der Waals surface area contributed by atoms with E-state index >= 15 is 0 Å². The van der Waals surface area contributed by atoms with Gasteiger partial charge in [0.2, 0.25) is 5.88 Å². The summed E-state index contributed by atoms with van der Waals surface area (Å²) in [4.78, 5) is 1.01. The number of ether oxygens (including phenoxy) is 2. The van der Waals surface area contributed by atoms with E-state index < -0.39 is 0 Å². The molecule has 0 amide bonds. The number of thiophene rings is 1. The van der Waals surface area contributed by atoms with Crippen LogP contribution in [0.25, 0.3) is 21.7 Å². The molecule has 0 unspecified atom stereocenters. The summed E-state index contributed by atoms with van der Waals surface area (Å²) in [5, 5.41) is 6.11. The second-order valence-electron chi connectivity index (χ2n) is 4.58. The third kappa shape index (κ3) is 1.95. The molecule has 2 aromatic heterocycles. The van der Waals surface area contributed by atoms with Crippen molar-refractivity contribution >= 4 is 17.2 Å². The summed E-state index contributed by atoms with van der Waals surface area (Å²) < 4.78 is 16.6. The number of rotatable bonds is 2. The summed E-state index contributed by atoms with van der Waals surface area (Å²) in [6.07, 6.45) is 0. The van der Waals surface area contributed by atoms with Crippen LogP contribution in [0, 0.1) is 0 Å². The number of fused-ring (bicyclic) bond motifs is 1. The molecule has 106 valence electrons. The number of hydrogen-bond donors (Lipinski definition) is 1. The fourth-order valence-corrected chi connectivity index (χ4v) is 3.18. The van der Waals surface area contributed by atoms with Crippen molar-refractivity contribution in [3.05, 3.63) is 35.7 Å². The first-order chi connectivity index (χ1) is 10.3. The Bertz CT molecular complexity index is 780. The maximum atomic E-state index is 5.95. The number of nitrogens with zero attached hydrogens (tertiary/aromatic N) is 1. The minimum atomic E-state index is 0.307. The summed E-state index contributed by atoms with van der Waals surface area (Å²) >= 11 is 1.59. The molecular formula is C15H12N2O3S. The molecule has 4 rings (SSSR count). The lowest BCUT2D eigenvalue weighted by atomic mass is 10.0. The predicted molar refractivity (Wildman–Crippen MR) is 80.7 cm³/mol. The molecule has 6 heteroatoms. The molecule has 0 atom stereocenters. The number of hydrogen-bond acceptors (Lipinski definition) is 6. The van der Waals surface area contributed by atoms with E-state index in [4.69, 9.17) is 19.7 Å². The smallest absolute Gasteiger partial charge is 0.231 e. The van der Waals surface area contributed by atoms with E-state index in [1.54, 1.807) is 11.3 Å². The molecule has 5 nitrogen and oxygen atoms in total. The zero-order valence-corrected chi connectivity index (χ0v) is 11.9. The highest BCUT2D eigenvalue weighted by Gasteiger charge is 2.24. The van der Waals surface area contributed by atoms with Crippen LogP contribution in [0.2, 0.25) is 0 Å². The van der Waals surface area contributed by atoms with E-state index in [2.05, 4.69) is 5.16 Å². The first kappa shape index (κ1) is 12.3. The van der Waals surface area contributed by atoms with E-state index in [1.807, 2.05) is 35.7 Å². The molecule has 0 aliphatic carbocycles. The van der Waals surface area contributed by atoms with Gasteiger partial charge in [-0.05, 0) is 23.6 Å². The van der Waals surface area contributed by atoms with Crippen LogP contribution in [-0.2, 0) is 0 Å². The van der Waals surface area contributed by atoms with Gasteiger partial charge in [-0.1, -0.05) is 17.3 Å². The standard InChI is InChI=1S/C15H12N2O3S/c16-15-12(11-5-2-8-21-11)13(17-20-15)9-3-1-4-10-14(9)19-7-6-18-10/h1-5,8H,6-7,16H2. The maximum Gasteiger partial charge on any atom is 0.231 e. The molecule has 2 N–H and O–H groups in total. The molecule has 1 aliphatic heterocycles. The molecule has 0 radical (unpaired) electrons. The van der Waals surface area contributed by atoms with Crippen LogP contribution in [0.15, 0.2) is 40.2 Å². The van der Waals surface area contributed by atoms with Gasteiger partial charge in [0.1, 0.15) is 18.9 Å². The Morgan fingerprint density at radius 2 is 2.00 bits per heavy atom. The average molecular weight is 300 g/mol. The third-order valence-corrected chi connectivity index (χ3v) is 4.19. The van der Waals surface area contributed by atoms with E-state index in [-0.39, 0.29) is 0 Å². The van der Waals surface area contributed by atoms with Crippen molar-refractivity contribution < 1.29 is 14.0 Å². The van der Waals surface area contributed by atoms with E-state index in [0.717, 1.165) is 21.8 Å². The fraction of sp³-hybridized carbons (Fsp3) is 0.133. The SMILES string of the molecule is Nc1onc(-c2cccc3c2OCCO3)c1-c1cccs1. The normalized spacial score (nSPS) is 13.3. The lowest BCUT2D eigenvalue weighted by molar-refractivity contribution is 0.172. The predicted octanol–water partition coefficient (Wildman–Crippen LogP) is 3.42. The van der Waals surface area contributed by atoms with E-state index in [0.29, 0.717) is 30.5 Å². The molecular weight excluding hydrogens is 288 g/mol. The van der Waals surface area contributed by atoms with Crippen LogP contribution in [0.5, 0.6) is 11.5 Å². The largest absolute Gasteiger partial charge is 0.486 e. The van der Waals surface area contributed by atoms with Crippen molar-refractivity contribution in [3.63, 3.8) is 0 Å². The van der Waals surface area contributed by atoms with Gasteiger partial charge in [0.05, 0.1) is 11.1 Å². The summed E-state index contributed by atoms with van der Waals surface area (Å²) in [6, 6.07) is 9.68. The highest BCUT2D eigenvalue weighted by Crippen LogP contribution is 2.45.